The number of pyridine rings is 1. The van der Waals surface area contributed by atoms with Crippen molar-refractivity contribution in [2.75, 3.05) is 31.2 Å². The molecule has 6 heteroatoms. The Morgan fingerprint density at radius 3 is 2.65 bits per heavy atom. The Bertz CT molecular complexity index is 582. The Labute approximate surface area is 120 Å². The molecule has 0 amide bonds. The highest BCUT2D eigenvalue weighted by molar-refractivity contribution is 7.90. The first-order valence-electron chi connectivity index (χ1n) is 6.57. The molecule has 0 bridgehead atoms. The van der Waals surface area contributed by atoms with Crippen LogP contribution in [0.25, 0.3) is 0 Å². The Hall–Kier alpha value is -1.58. The molecule has 0 spiro atoms. The summed E-state index contributed by atoms with van der Waals surface area (Å²) in [5.74, 6) is 2.66. The quantitative estimate of drug-likeness (QED) is 0.839. The zero-order valence-corrected chi connectivity index (χ0v) is 12.4. The van der Waals surface area contributed by atoms with Crippen molar-refractivity contribution < 1.29 is 8.42 Å². The second-order valence-electron chi connectivity index (χ2n) is 5.06. The van der Waals surface area contributed by atoms with E-state index in [9.17, 15) is 8.42 Å². The van der Waals surface area contributed by atoms with Crippen LogP contribution in [0.5, 0.6) is 0 Å². The second kappa shape index (κ2) is 6.25. The number of terminal acetylenes is 1. The summed E-state index contributed by atoms with van der Waals surface area (Å²) < 4.78 is 22.7. The minimum absolute atomic E-state index is 0.104. The molecule has 2 heterocycles. The molecule has 1 aliphatic heterocycles. The summed E-state index contributed by atoms with van der Waals surface area (Å²) in [6.07, 6.45) is 10.1. The predicted octanol–water partition coefficient (Wildman–Crippen LogP) is 0.995. The number of nitrogens with one attached hydrogen (secondary N) is 1. The molecule has 1 saturated heterocycles. The van der Waals surface area contributed by atoms with Crippen molar-refractivity contribution in [3.05, 3.63) is 18.3 Å². The van der Waals surface area contributed by atoms with Crippen LogP contribution >= 0.6 is 0 Å². The Morgan fingerprint density at radius 1 is 1.45 bits per heavy atom. The number of nitrogens with zero attached hydrogens (tertiary/aromatic N) is 2. The predicted molar refractivity (Wildman–Crippen MR) is 79.3 cm³/mol. The van der Waals surface area contributed by atoms with E-state index in [-0.39, 0.29) is 5.03 Å². The van der Waals surface area contributed by atoms with E-state index in [2.05, 4.69) is 21.1 Å². The van der Waals surface area contributed by atoms with Gasteiger partial charge in [0.1, 0.15) is 0 Å². The second-order valence-corrected chi connectivity index (χ2v) is 7.02. The van der Waals surface area contributed by atoms with Gasteiger partial charge in [-0.2, -0.15) is 0 Å². The van der Waals surface area contributed by atoms with E-state index in [0.717, 1.165) is 37.9 Å². The van der Waals surface area contributed by atoms with Gasteiger partial charge < -0.3 is 5.32 Å². The summed E-state index contributed by atoms with van der Waals surface area (Å²) in [6.45, 7) is 2.67. The summed E-state index contributed by atoms with van der Waals surface area (Å²) in [7, 11) is -3.23. The summed E-state index contributed by atoms with van der Waals surface area (Å²) in [4.78, 5) is 6.23. The first kappa shape index (κ1) is 14.8. The fourth-order valence-corrected chi connectivity index (χ4v) is 2.84. The Kier molecular flexibility index (Phi) is 4.63. The number of aromatic nitrogens is 1. The smallest absolute Gasteiger partial charge is 0.192 e. The fourth-order valence-electron chi connectivity index (χ4n) is 2.29. The number of rotatable bonds is 4. The lowest BCUT2D eigenvalue weighted by Gasteiger charge is -2.31. The zero-order valence-electron chi connectivity index (χ0n) is 11.5. The lowest BCUT2D eigenvalue weighted by molar-refractivity contribution is 0.243. The minimum Gasteiger partial charge on any atom is -0.381 e. The maximum atomic E-state index is 11.3. The van der Waals surface area contributed by atoms with Crippen molar-refractivity contribution in [3.63, 3.8) is 0 Å². The van der Waals surface area contributed by atoms with Crippen LogP contribution in [0.4, 0.5) is 5.69 Å². The third-order valence-electron chi connectivity index (χ3n) is 3.39. The molecular weight excluding hydrogens is 274 g/mol. The molecule has 2 rings (SSSR count). The lowest BCUT2D eigenvalue weighted by atomic mass is 10.0. The number of likely N-dealkylation sites (tertiary alicyclic amines) is 1. The first-order chi connectivity index (χ1) is 9.49. The fraction of sp³-hybridized carbons (Fsp3) is 0.500. The van der Waals surface area contributed by atoms with Gasteiger partial charge in [-0.1, -0.05) is 5.92 Å². The molecule has 0 saturated carbocycles. The van der Waals surface area contributed by atoms with Gasteiger partial charge in [0.15, 0.2) is 14.9 Å². The third kappa shape index (κ3) is 3.95. The van der Waals surface area contributed by atoms with Crippen molar-refractivity contribution in [2.45, 2.75) is 23.9 Å². The van der Waals surface area contributed by atoms with Crippen molar-refractivity contribution >= 4 is 15.5 Å². The maximum absolute atomic E-state index is 11.3. The van der Waals surface area contributed by atoms with Crippen molar-refractivity contribution in [3.8, 4) is 12.3 Å². The topological polar surface area (TPSA) is 62.3 Å². The molecule has 0 aromatic carbocycles. The minimum atomic E-state index is -3.23. The SMILES string of the molecule is C#CCN1CCC(Nc2ccc(S(C)(=O)=O)nc2)CC1. The van der Waals surface area contributed by atoms with E-state index in [1.54, 1.807) is 12.3 Å². The van der Waals surface area contributed by atoms with Gasteiger partial charge in [-0.15, -0.1) is 6.42 Å². The number of hydrogen-bond donors (Lipinski definition) is 1. The highest BCUT2D eigenvalue weighted by atomic mass is 32.2. The van der Waals surface area contributed by atoms with Gasteiger partial charge in [-0.3, -0.25) is 4.90 Å². The van der Waals surface area contributed by atoms with Gasteiger partial charge in [-0.25, -0.2) is 13.4 Å². The molecule has 108 valence electrons. The summed E-state index contributed by atoms with van der Waals surface area (Å²) in [5, 5.41) is 3.49. The van der Waals surface area contributed by atoms with Crippen LogP contribution in [0.15, 0.2) is 23.4 Å². The maximum Gasteiger partial charge on any atom is 0.192 e. The van der Waals surface area contributed by atoms with Crippen LogP contribution < -0.4 is 5.32 Å². The molecule has 1 aromatic rings. The molecule has 1 aromatic heterocycles. The average molecular weight is 293 g/mol. The van der Waals surface area contributed by atoms with Crippen LogP contribution in [0.2, 0.25) is 0 Å². The summed E-state index contributed by atoms with van der Waals surface area (Å²) in [5.41, 5.74) is 0.854. The number of sulfone groups is 1. The molecule has 0 atom stereocenters. The summed E-state index contributed by atoms with van der Waals surface area (Å²) in [6, 6.07) is 3.68. The number of anilines is 1. The Balaban J connectivity index is 1.90. The number of piperidine rings is 1. The van der Waals surface area contributed by atoms with E-state index in [1.807, 2.05) is 0 Å². The van der Waals surface area contributed by atoms with E-state index in [0.29, 0.717) is 12.6 Å². The van der Waals surface area contributed by atoms with E-state index >= 15 is 0 Å². The van der Waals surface area contributed by atoms with Crippen LogP contribution in [-0.2, 0) is 9.84 Å². The van der Waals surface area contributed by atoms with Crippen LogP contribution in [0, 0.1) is 12.3 Å². The van der Waals surface area contributed by atoms with Crippen molar-refractivity contribution in [1.29, 1.82) is 0 Å². The molecule has 0 aliphatic carbocycles. The van der Waals surface area contributed by atoms with E-state index < -0.39 is 9.84 Å². The molecule has 20 heavy (non-hydrogen) atoms. The van der Waals surface area contributed by atoms with Crippen LogP contribution in [-0.4, -0.2) is 50.2 Å². The lowest BCUT2D eigenvalue weighted by Crippen LogP contribution is -2.39. The van der Waals surface area contributed by atoms with E-state index in [4.69, 9.17) is 6.42 Å². The molecular formula is C14H19N3O2S. The van der Waals surface area contributed by atoms with Gasteiger partial charge in [0.25, 0.3) is 0 Å². The molecule has 1 fully saturated rings. The highest BCUT2D eigenvalue weighted by Crippen LogP contribution is 2.17. The molecule has 5 nitrogen and oxygen atoms in total. The zero-order chi connectivity index (χ0) is 14.6. The van der Waals surface area contributed by atoms with Crippen LogP contribution in [0.3, 0.4) is 0 Å². The normalized spacial score (nSPS) is 17.6. The van der Waals surface area contributed by atoms with E-state index in [1.165, 1.54) is 6.07 Å². The molecule has 0 unspecified atom stereocenters. The van der Waals surface area contributed by atoms with Gasteiger partial charge in [-0.05, 0) is 25.0 Å². The summed E-state index contributed by atoms with van der Waals surface area (Å²) >= 11 is 0. The molecule has 1 aliphatic rings. The molecule has 0 radical (unpaired) electrons. The Morgan fingerprint density at radius 2 is 2.15 bits per heavy atom. The standard InChI is InChI=1S/C14H19N3O2S/c1-3-8-17-9-6-12(7-10-17)16-13-4-5-14(15-11-13)20(2,18)19/h1,4-5,11-12,16H,6-10H2,2H3. The van der Waals surface area contributed by atoms with Crippen molar-refractivity contribution in [1.82, 2.24) is 9.88 Å². The van der Waals surface area contributed by atoms with Gasteiger partial charge >= 0.3 is 0 Å². The molecule has 1 N–H and O–H groups in total. The van der Waals surface area contributed by atoms with Gasteiger partial charge in [0.05, 0.1) is 18.4 Å². The third-order valence-corrected chi connectivity index (χ3v) is 4.39. The van der Waals surface area contributed by atoms with Crippen molar-refractivity contribution in [2.24, 2.45) is 0 Å². The largest absolute Gasteiger partial charge is 0.381 e. The highest BCUT2D eigenvalue weighted by Gasteiger charge is 2.18. The first-order valence-corrected chi connectivity index (χ1v) is 8.46. The average Bonchev–Trinajstić information content (AvgIpc) is 2.41. The monoisotopic (exact) mass is 293 g/mol. The number of hydrogen-bond acceptors (Lipinski definition) is 5. The van der Waals surface area contributed by atoms with Gasteiger partial charge in [0.2, 0.25) is 0 Å². The van der Waals surface area contributed by atoms with Crippen LogP contribution in [0.1, 0.15) is 12.8 Å². The van der Waals surface area contributed by atoms with Gasteiger partial charge in [0, 0.05) is 25.4 Å².